The molecule has 4 rings (SSSR count). The lowest BCUT2D eigenvalue weighted by atomic mass is 9.79. The second-order valence-corrected chi connectivity index (χ2v) is 9.48. The predicted molar refractivity (Wildman–Crippen MR) is 134 cm³/mol. The van der Waals surface area contributed by atoms with Gasteiger partial charge in [0, 0.05) is 11.9 Å². The van der Waals surface area contributed by atoms with E-state index in [2.05, 4.69) is 36.5 Å². The molecule has 1 unspecified atom stereocenters. The Labute approximate surface area is 198 Å². The Balaban J connectivity index is 1.66. The number of nitriles is 1. The maximum atomic E-state index is 13.3. The number of allylic oxidation sites excluding steroid dienone is 1. The monoisotopic (exact) mass is 454 g/mol. The third-order valence-corrected chi connectivity index (χ3v) is 7.37. The van der Waals surface area contributed by atoms with Gasteiger partial charge in [0.25, 0.3) is 0 Å². The molecule has 1 amide bonds. The van der Waals surface area contributed by atoms with E-state index in [-0.39, 0.29) is 17.8 Å². The highest BCUT2D eigenvalue weighted by Gasteiger charge is 2.47. The number of guanidine groups is 1. The van der Waals surface area contributed by atoms with Crippen molar-refractivity contribution in [1.82, 2.24) is 10.2 Å². The van der Waals surface area contributed by atoms with Crippen LogP contribution in [0.2, 0.25) is 0 Å². The molecule has 166 valence electrons. The molecule has 5 nitrogen and oxygen atoms in total. The highest BCUT2D eigenvalue weighted by atomic mass is 32.1. The minimum atomic E-state index is -0.715. The van der Waals surface area contributed by atoms with Gasteiger partial charge in [-0.15, -0.1) is 11.3 Å². The molecule has 0 aliphatic carbocycles. The number of amides is 1. The predicted octanol–water partition coefficient (Wildman–Crippen LogP) is 5.53. The molecule has 2 aromatic carbocycles. The smallest absolute Gasteiger partial charge is 0.235 e. The van der Waals surface area contributed by atoms with Crippen LogP contribution in [0.15, 0.2) is 66.1 Å². The fourth-order valence-corrected chi connectivity index (χ4v) is 5.31. The van der Waals surface area contributed by atoms with Gasteiger partial charge in [-0.1, -0.05) is 54.1 Å². The molecular formula is C27H26N4OS. The summed E-state index contributed by atoms with van der Waals surface area (Å²) in [6.07, 6.45) is 4.64. The lowest BCUT2D eigenvalue weighted by Crippen LogP contribution is -2.63. The van der Waals surface area contributed by atoms with E-state index in [4.69, 9.17) is 5.41 Å². The third kappa shape index (κ3) is 4.46. The van der Waals surface area contributed by atoms with Crippen LogP contribution < -0.4 is 5.32 Å². The van der Waals surface area contributed by atoms with Crippen LogP contribution >= 0.6 is 11.3 Å². The van der Waals surface area contributed by atoms with Crippen molar-refractivity contribution in [1.29, 1.82) is 10.7 Å². The van der Waals surface area contributed by atoms with E-state index in [9.17, 15) is 10.1 Å². The Morgan fingerprint density at radius 2 is 2.00 bits per heavy atom. The number of rotatable bonds is 5. The van der Waals surface area contributed by atoms with Crippen molar-refractivity contribution < 1.29 is 4.79 Å². The number of carbonyl (C=O) groups excluding carboxylic acids is 1. The average molecular weight is 455 g/mol. The van der Waals surface area contributed by atoms with Gasteiger partial charge in [0.05, 0.1) is 23.1 Å². The van der Waals surface area contributed by atoms with Crippen LogP contribution in [0.5, 0.6) is 0 Å². The molecule has 0 saturated carbocycles. The Morgan fingerprint density at radius 3 is 2.76 bits per heavy atom. The third-order valence-electron chi connectivity index (χ3n) is 6.20. The first-order chi connectivity index (χ1) is 15.8. The van der Waals surface area contributed by atoms with Gasteiger partial charge in [0.2, 0.25) is 5.91 Å². The Hall–Kier alpha value is -3.69. The van der Waals surface area contributed by atoms with Crippen molar-refractivity contribution in [3.8, 4) is 17.2 Å². The van der Waals surface area contributed by atoms with E-state index in [1.54, 1.807) is 24.5 Å². The Morgan fingerprint density at radius 1 is 1.21 bits per heavy atom. The summed E-state index contributed by atoms with van der Waals surface area (Å²) in [5, 5.41) is 22.9. The van der Waals surface area contributed by atoms with Crippen molar-refractivity contribution >= 4 is 29.3 Å². The molecule has 3 aromatic rings. The number of aryl methyl sites for hydroxylation is 1. The molecule has 1 aliphatic rings. The maximum absolute atomic E-state index is 13.3. The quantitative estimate of drug-likeness (QED) is 0.532. The molecule has 2 atom stereocenters. The summed E-state index contributed by atoms with van der Waals surface area (Å²) in [4.78, 5) is 15.6. The summed E-state index contributed by atoms with van der Waals surface area (Å²) in [5.74, 6) is -0.339. The van der Waals surface area contributed by atoms with Gasteiger partial charge >= 0.3 is 0 Å². The number of nitrogens with one attached hydrogen (secondary N) is 2. The van der Waals surface area contributed by atoms with Gasteiger partial charge in [0.1, 0.15) is 0 Å². The van der Waals surface area contributed by atoms with Gasteiger partial charge < -0.3 is 5.32 Å². The molecule has 2 heterocycles. The molecule has 2 N–H and O–H groups in total. The summed E-state index contributed by atoms with van der Waals surface area (Å²) < 4.78 is 0. The van der Waals surface area contributed by atoms with Crippen molar-refractivity contribution in [2.45, 2.75) is 25.8 Å². The number of nitrogens with zero attached hydrogens (tertiary/aromatic N) is 2. The largest absolute Gasteiger partial charge is 0.345 e. The molecule has 1 aromatic heterocycles. The first kappa shape index (κ1) is 22.5. The zero-order chi connectivity index (χ0) is 23.6. The van der Waals surface area contributed by atoms with E-state index < -0.39 is 5.54 Å². The highest BCUT2D eigenvalue weighted by molar-refractivity contribution is 7.10. The second-order valence-electron chi connectivity index (χ2n) is 8.57. The Bertz CT molecular complexity index is 1290. The van der Waals surface area contributed by atoms with Gasteiger partial charge in [-0.2, -0.15) is 5.26 Å². The lowest BCUT2D eigenvalue weighted by molar-refractivity contribution is -0.135. The average Bonchev–Trinajstić information content (AvgIpc) is 3.31. The second kappa shape index (κ2) is 9.05. The number of benzene rings is 2. The van der Waals surface area contributed by atoms with Gasteiger partial charge in [-0.05, 0) is 60.5 Å². The first-order valence-corrected chi connectivity index (χ1v) is 11.7. The first-order valence-electron chi connectivity index (χ1n) is 10.8. The summed E-state index contributed by atoms with van der Waals surface area (Å²) in [7, 11) is 1.64. The van der Waals surface area contributed by atoms with Crippen molar-refractivity contribution in [3.05, 3.63) is 87.6 Å². The number of hydrogen-bond donors (Lipinski definition) is 2. The van der Waals surface area contributed by atoms with Gasteiger partial charge in [-0.3, -0.25) is 15.1 Å². The number of carbonyl (C=O) groups is 1. The lowest BCUT2D eigenvalue weighted by Gasteiger charge is -2.44. The van der Waals surface area contributed by atoms with Crippen molar-refractivity contribution in [2.75, 3.05) is 7.05 Å². The van der Waals surface area contributed by atoms with E-state index in [0.29, 0.717) is 12.0 Å². The molecule has 0 spiro atoms. The van der Waals surface area contributed by atoms with Gasteiger partial charge in [0.15, 0.2) is 5.96 Å². The summed E-state index contributed by atoms with van der Waals surface area (Å²) in [6, 6.07) is 20.0. The SMILES string of the molecule is Cc1cccc(/C=C/CC2C(=O)N(C)C(=N)N[C@]2(C)c2cc(-c3cccc(C#N)c3)cs2)c1. The van der Waals surface area contributed by atoms with Crippen LogP contribution in [0.1, 0.15) is 34.9 Å². The van der Waals surface area contributed by atoms with E-state index in [0.717, 1.165) is 21.6 Å². The van der Waals surface area contributed by atoms with Crippen molar-refractivity contribution in [2.24, 2.45) is 5.92 Å². The normalized spacial score (nSPS) is 20.7. The molecule has 33 heavy (non-hydrogen) atoms. The van der Waals surface area contributed by atoms with E-state index in [1.165, 1.54) is 10.5 Å². The fourth-order valence-electron chi connectivity index (χ4n) is 4.22. The molecule has 0 radical (unpaired) electrons. The van der Waals surface area contributed by atoms with E-state index in [1.807, 2.05) is 54.8 Å². The van der Waals surface area contributed by atoms with Gasteiger partial charge in [-0.25, -0.2) is 0 Å². The Kier molecular flexibility index (Phi) is 6.17. The molecule has 1 aliphatic heterocycles. The zero-order valence-electron chi connectivity index (χ0n) is 18.9. The molecular weight excluding hydrogens is 428 g/mol. The molecule has 1 fully saturated rings. The molecule has 0 bridgehead atoms. The molecule has 6 heteroatoms. The number of hydrogen-bond acceptors (Lipinski definition) is 4. The highest BCUT2D eigenvalue weighted by Crippen LogP contribution is 2.41. The summed E-state index contributed by atoms with van der Waals surface area (Å²) >= 11 is 1.57. The van der Waals surface area contributed by atoms with Crippen LogP contribution in [0.4, 0.5) is 0 Å². The van der Waals surface area contributed by atoms with Crippen LogP contribution in [-0.2, 0) is 10.3 Å². The van der Waals surface area contributed by atoms with Crippen LogP contribution in [0.25, 0.3) is 17.2 Å². The van der Waals surface area contributed by atoms with Crippen LogP contribution in [0.3, 0.4) is 0 Å². The zero-order valence-corrected chi connectivity index (χ0v) is 19.7. The summed E-state index contributed by atoms with van der Waals surface area (Å²) in [6.45, 7) is 4.06. The van der Waals surface area contributed by atoms with Crippen LogP contribution in [0, 0.1) is 29.6 Å². The topological polar surface area (TPSA) is 80.0 Å². The van der Waals surface area contributed by atoms with Crippen LogP contribution in [-0.4, -0.2) is 23.8 Å². The summed E-state index contributed by atoms with van der Waals surface area (Å²) in [5.41, 5.74) is 4.15. The number of thiophene rings is 1. The minimum Gasteiger partial charge on any atom is -0.345 e. The van der Waals surface area contributed by atoms with E-state index >= 15 is 0 Å². The fraction of sp³-hybridized carbons (Fsp3) is 0.222. The minimum absolute atomic E-state index is 0.0726. The van der Waals surface area contributed by atoms with Crippen molar-refractivity contribution in [3.63, 3.8) is 0 Å². The molecule has 1 saturated heterocycles. The maximum Gasteiger partial charge on any atom is 0.235 e. The standard InChI is InChI=1S/C27H26N4OS/c1-18-7-4-8-19(13-18)9-6-12-23-25(32)31(3)26(29)30-27(23,2)24-15-22(17-33-24)21-11-5-10-20(14-21)16-28/h4-11,13-15,17,23H,12H2,1-3H3,(H2,29,30)/b9-6+/t23?,27-/m0/s1.